The van der Waals surface area contributed by atoms with Gasteiger partial charge in [-0.05, 0) is 25.1 Å². The van der Waals surface area contributed by atoms with Crippen LogP contribution in [0.4, 0.5) is 22.0 Å². The summed E-state index contributed by atoms with van der Waals surface area (Å²) in [4.78, 5) is 12.4. The molecule has 1 N–H and O–H groups in total. The van der Waals surface area contributed by atoms with Crippen LogP contribution < -0.4 is 4.74 Å². The molecule has 0 bridgehead atoms. The average Bonchev–Trinajstić information content (AvgIpc) is 2.81. The lowest BCUT2D eigenvalue weighted by atomic mass is 10.1. The molecule has 0 aromatic heterocycles. The number of carbonyl (C=O) groups is 1. The number of alkyl halides is 5. The van der Waals surface area contributed by atoms with E-state index in [1.165, 1.54) is 32.2 Å². The Morgan fingerprint density at radius 1 is 1.32 bits per heavy atom. The van der Waals surface area contributed by atoms with Crippen LogP contribution in [-0.4, -0.2) is 47.0 Å². The highest BCUT2D eigenvalue weighted by Crippen LogP contribution is 2.43. The second-order valence-corrected chi connectivity index (χ2v) is 5.24. The second-order valence-electron chi connectivity index (χ2n) is 5.24. The van der Waals surface area contributed by atoms with Gasteiger partial charge >= 0.3 is 12.5 Å². The highest BCUT2D eigenvalue weighted by Gasteiger charge is 2.66. The van der Waals surface area contributed by atoms with Gasteiger partial charge in [0.05, 0.1) is 7.11 Å². The maximum atomic E-state index is 14.0. The number of nitrogens with zero attached hydrogens (tertiary/aromatic N) is 2. The van der Waals surface area contributed by atoms with Gasteiger partial charge in [-0.15, -0.1) is 13.2 Å². The van der Waals surface area contributed by atoms with Gasteiger partial charge in [-0.3, -0.25) is 4.79 Å². The summed E-state index contributed by atoms with van der Waals surface area (Å²) in [6.45, 7) is 1.17. The van der Waals surface area contributed by atoms with Gasteiger partial charge < -0.3 is 9.84 Å². The lowest BCUT2D eigenvalue weighted by Crippen LogP contribution is -2.61. The Morgan fingerprint density at radius 3 is 2.52 bits per heavy atom. The highest BCUT2D eigenvalue weighted by atomic mass is 19.4. The van der Waals surface area contributed by atoms with Crippen molar-refractivity contribution in [3.05, 3.63) is 29.8 Å². The van der Waals surface area contributed by atoms with E-state index in [-0.39, 0.29) is 22.0 Å². The van der Waals surface area contributed by atoms with Crippen LogP contribution in [0.15, 0.2) is 29.4 Å². The monoisotopic (exact) mass is 368 g/mol. The van der Waals surface area contributed by atoms with Crippen molar-refractivity contribution in [1.82, 2.24) is 5.01 Å². The third-order valence-electron chi connectivity index (χ3n) is 3.34. The van der Waals surface area contributed by atoms with E-state index in [9.17, 15) is 31.9 Å². The van der Waals surface area contributed by atoms with Crippen molar-refractivity contribution in [2.45, 2.75) is 31.5 Å². The summed E-state index contributed by atoms with van der Waals surface area (Å²) in [5.74, 6) is -1.05. The fraction of sp³-hybridized carbons (Fsp3) is 0.429. The topological polar surface area (TPSA) is 71.4 Å². The molecule has 0 spiro atoms. The molecule has 0 saturated heterocycles. The predicted octanol–water partition coefficient (Wildman–Crippen LogP) is 2.73. The minimum absolute atomic E-state index is 0.108. The molecule has 6 nitrogen and oxygen atoms in total. The van der Waals surface area contributed by atoms with E-state index in [2.05, 4.69) is 9.84 Å². The SMILES string of the molecule is COc1cccc(C(=O)N2N=C(C)CC2(O)C(F)(F)OC(F)(F)F)c1. The van der Waals surface area contributed by atoms with Crippen molar-refractivity contribution < 1.29 is 41.3 Å². The number of hydrogen-bond acceptors (Lipinski definition) is 5. The first kappa shape index (κ1) is 19.1. The predicted molar refractivity (Wildman–Crippen MR) is 73.9 cm³/mol. The van der Waals surface area contributed by atoms with E-state index < -0.39 is 30.5 Å². The fourth-order valence-electron chi connectivity index (χ4n) is 2.27. The first-order chi connectivity index (χ1) is 11.4. The summed E-state index contributed by atoms with van der Waals surface area (Å²) in [6.07, 6.45) is -11.9. The lowest BCUT2D eigenvalue weighted by molar-refractivity contribution is -0.468. The van der Waals surface area contributed by atoms with Crippen molar-refractivity contribution in [3.8, 4) is 5.75 Å². The van der Waals surface area contributed by atoms with Crippen LogP contribution in [0.5, 0.6) is 5.75 Å². The molecule has 1 aromatic carbocycles. The van der Waals surface area contributed by atoms with E-state index in [0.29, 0.717) is 0 Å². The summed E-state index contributed by atoms with van der Waals surface area (Å²) in [5, 5.41) is 13.5. The van der Waals surface area contributed by atoms with Gasteiger partial charge in [0.2, 0.25) is 0 Å². The summed E-state index contributed by atoms with van der Waals surface area (Å²) in [5.41, 5.74) is -4.03. The molecule has 138 valence electrons. The molecule has 1 unspecified atom stereocenters. The number of hydrazone groups is 1. The number of amides is 1. The third-order valence-corrected chi connectivity index (χ3v) is 3.34. The number of hydrogen-bond donors (Lipinski definition) is 1. The first-order valence-corrected chi connectivity index (χ1v) is 6.79. The number of ether oxygens (including phenoxy) is 2. The molecule has 0 saturated carbocycles. The normalized spacial score (nSPS) is 21.3. The second kappa shape index (κ2) is 6.23. The number of benzene rings is 1. The lowest BCUT2D eigenvalue weighted by Gasteiger charge is -2.36. The quantitative estimate of drug-likeness (QED) is 0.830. The number of carbonyl (C=O) groups excluding carboxylic acids is 1. The van der Waals surface area contributed by atoms with E-state index in [4.69, 9.17) is 4.74 Å². The van der Waals surface area contributed by atoms with Crippen molar-refractivity contribution in [2.24, 2.45) is 5.10 Å². The molecule has 1 aliphatic rings. The average molecular weight is 368 g/mol. The molecule has 0 aliphatic carbocycles. The standard InChI is InChI=1S/C14H13F5N2O4/c1-8-7-12(23,13(15,16)25-14(17,18)19)21(20-8)11(22)9-4-3-5-10(6-9)24-2/h3-6,23H,7H2,1-2H3. The molecular formula is C14H13F5N2O4. The molecule has 0 radical (unpaired) electrons. The molecule has 25 heavy (non-hydrogen) atoms. The number of rotatable bonds is 4. The Morgan fingerprint density at radius 2 is 1.96 bits per heavy atom. The molecule has 1 atom stereocenters. The van der Waals surface area contributed by atoms with Gasteiger partial charge in [-0.1, -0.05) is 6.07 Å². The third kappa shape index (κ3) is 3.71. The van der Waals surface area contributed by atoms with E-state index in [1.54, 1.807) is 0 Å². The van der Waals surface area contributed by atoms with E-state index in [0.717, 1.165) is 6.07 Å². The summed E-state index contributed by atoms with van der Waals surface area (Å²) in [7, 11) is 1.30. The summed E-state index contributed by atoms with van der Waals surface area (Å²) < 4.78 is 72.3. The van der Waals surface area contributed by atoms with Gasteiger partial charge in [0.1, 0.15) is 5.75 Å². The Kier molecular flexibility index (Phi) is 4.75. The highest BCUT2D eigenvalue weighted by molar-refractivity contribution is 5.98. The first-order valence-electron chi connectivity index (χ1n) is 6.79. The number of methoxy groups -OCH3 is 1. The summed E-state index contributed by atoms with van der Waals surface area (Å²) in [6, 6.07) is 5.19. The zero-order valence-corrected chi connectivity index (χ0v) is 13.0. The van der Waals surface area contributed by atoms with Crippen LogP contribution in [0.25, 0.3) is 0 Å². The van der Waals surface area contributed by atoms with Crippen LogP contribution in [0, 0.1) is 0 Å². The molecule has 0 fully saturated rings. The van der Waals surface area contributed by atoms with Crippen LogP contribution in [0.1, 0.15) is 23.7 Å². The number of aliphatic hydroxyl groups is 1. The minimum Gasteiger partial charge on any atom is -0.497 e. The van der Waals surface area contributed by atoms with Crippen LogP contribution in [0.2, 0.25) is 0 Å². The molecular weight excluding hydrogens is 355 g/mol. The van der Waals surface area contributed by atoms with Crippen LogP contribution in [-0.2, 0) is 4.74 Å². The van der Waals surface area contributed by atoms with Crippen LogP contribution >= 0.6 is 0 Å². The van der Waals surface area contributed by atoms with Crippen molar-refractivity contribution in [2.75, 3.05) is 7.11 Å². The molecule has 11 heteroatoms. The molecule has 1 heterocycles. The Hall–Kier alpha value is -2.27. The summed E-state index contributed by atoms with van der Waals surface area (Å²) >= 11 is 0. The van der Waals surface area contributed by atoms with Crippen molar-refractivity contribution in [3.63, 3.8) is 0 Å². The maximum Gasteiger partial charge on any atom is 0.527 e. The Labute approximate surface area is 138 Å². The molecule has 1 aliphatic heterocycles. The van der Waals surface area contributed by atoms with Crippen molar-refractivity contribution >= 4 is 11.6 Å². The Bertz CT molecular complexity index is 707. The van der Waals surface area contributed by atoms with Gasteiger partial charge in [0.15, 0.2) is 0 Å². The smallest absolute Gasteiger partial charge is 0.497 e. The molecule has 1 amide bonds. The molecule has 1 aromatic rings. The van der Waals surface area contributed by atoms with Crippen LogP contribution in [0.3, 0.4) is 0 Å². The van der Waals surface area contributed by atoms with Gasteiger partial charge in [-0.25, -0.2) is 4.74 Å². The Balaban J connectivity index is 2.41. The number of halogens is 5. The largest absolute Gasteiger partial charge is 0.527 e. The van der Waals surface area contributed by atoms with E-state index >= 15 is 0 Å². The maximum absolute atomic E-state index is 14.0. The fourth-order valence-corrected chi connectivity index (χ4v) is 2.27. The van der Waals surface area contributed by atoms with Crippen molar-refractivity contribution in [1.29, 1.82) is 0 Å². The zero-order valence-electron chi connectivity index (χ0n) is 13.0. The minimum atomic E-state index is -5.74. The van der Waals surface area contributed by atoms with Gasteiger partial charge in [0.25, 0.3) is 11.6 Å². The van der Waals surface area contributed by atoms with E-state index in [1.807, 2.05) is 0 Å². The van der Waals surface area contributed by atoms with Gasteiger partial charge in [-0.2, -0.15) is 18.9 Å². The molecule has 2 rings (SSSR count). The van der Waals surface area contributed by atoms with Gasteiger partial charge in [0, 0.05) is 17.7 Å². The zero-order chi connectivity index (χ0) is 19.0.